The summed E-state index contributed by atoms with van der Waals surface area (Å²) in [5.74, 6) is 2.38. The molecule has 146 valence electrons. The van der Waals surface area contributed by atoms with Gasteiger partial charge in [-0.2, -0.15) is 0 Å². The minimum Gasteiger partial charge on any atom is -0.468 e. The van der Waals surface area contributed by atoms with Crippen LogP contribution in [0, 0.1) is 5.41 Å². The lowest BCUT2D eigenvalue weighted by atomic mass is 9.84. The van der Waals surface area contributed by atoms with E-state index in [0.29, 0.717) is 23.5 Å². The van der Waals surface area contributed by atoms with Gasteiger partial charge < -0.3 is 18.1 Å². The SMILES string of the molecule is N=c1c2c(ncn1Cc1ccco1)Oc1ccc3ccccc3c1C2c1ccco1. The van der Waals surface area contributed by atoms with E-state index < -0.39 is 0 Å². The van der Waals surface area contributed by atoms with Crippen molar-refractivity contribution in [3.05, 3.63) is 108 Å². The minimum absolute atomic E-state index is 0.297. The largest absolute Gasteiger partial charge is 0.468 e. The summed E-state index contributed by atoms with van der Waals surface area (Å²) in [6.07, 6.45) is 4.91. The molecule has 0 spiro atoms. The Morgan fingerprint density at radius 2 is 1.77 bits per heavy atom. The molecule has 1 unspecified atom stereocenters. The van der Waals surface area contributed by atoms with Crippen molar-refractivity contribution in [3.63, 3.8) is 0 Å². The van der Waals surface area contributed by atoms with E-state index in [1.807, 2.05) is 48.5 Å². The highest BCUT2D eigenvalue weighted by molar-refractivity contribution is 5.90. The number of fused-ring (bicyclic) bond motifs is 4. The van der Waals surface area contributed by atoms with Gasteiger partial charge >= 0.3 is 0 Å². The monoisotopic (exact) mass is 395 g/mol. The summed E-state index contributed by atoms with van der Waals surface area (Å²) in [6.45, 7) is 0.416. The molecule has 1 atom stereocenters. The molecule has 5 aromatic rings. The quantitative estimate of drug-likeness (QED) is 0.456. The molecular weight excluding hydrogens is 378 g/mol. The Balaban J connectivity index is 1.62. The zero-order chi connectivity index (χ0) is 20.1. The number of rotatable bonds is 3. The average molecular weight is 395 g/mol. The Kier molecular flexibility index (Phi) is 3.64. The Bertz CT molecular complexity index is 1420. The molecular formula is C24H17N3O3. The molecule has 0 radical (unpaired) electrons. The maximum absolute atomic E-state index is 8.97. The van der Waals surface area contributed by atoms with Crippen molar-refractivity contribution in [1.82, 2.24) is 9.55 Å². The van der Waals surface area contributed by atoms with Crippen molar-refractivity contribution >= 4 is 10.8 Å². The summed E-state index contributed by atoms with van der Waals surface area (Å²) in [5.41, 5.74) is 1.99. The fraction of sp³-hybridized carbons (Fsp3) is 0.0833. The summed E-state index contributed by atoms with van der Waals surface area (Å²) in [4.78, 5) is 4.54. The fourth-order valence-electron chi connectivity index (χ4n) is 4.19. The molecule has 0 saturated heterocycles. The van der Waals surface area contributed by atoms with Crippen molar-refractivity contribution in [2.24, 2.45) is 0 Å². The Labute approximate surface area is 171 Å². The van der Waals surface area contributed by atoms with Crippen molar-refractivity contribution in [2.75, 3.05) is 0 Å². The van der Waals surface area contributed by atoms with Crippen LogP contribution in [-0.2, 0) is 6.54 Å². The van der Waals surface area contributed by atoms with Gasteiger partial charge in [0.15, 0.2) is 0 Å². The predicted octanol–water partition coefficient (Wildman–Crippen LogP) is 5.04. The van der Waals surface area contributed by atoms with Gasteiger partial charge in [-0.15, -0.1) is 0 Å². The summed E-state index contributed by atoms with van der Waals surface area (Å²) in [7, 11) is 0. The van der Waals surface area contributed by atoms with Crippen LogP contribution in [0.15, 0.2) is 88.4 Å². The van der Waals surface area contributed by atoms with Gasteiger partial charge in [0.1, 0.15) is 29.1 Å². The van der Waals surface area contributed by atoms with Crippen LogP contribution in [0.1, 0.15) is 28.6 Å². The van der Waals surface area contributed by atoms with Crippen LogP contribution in [0.2, 0.25) is 0 Å². The van der Waals surface area contributed by atoms with Gasteiger partial charge in [-0.05, 0) is 41.1 Å². The van der Waals surface area contributed by atoms with Gasteiger partial charge in [0.2, 0.25) is 5.88 Å². The van der Waals surface area contributed by atoms with Gasteiger partial charge in [0, 0.05) is 5.56 Å². The number of ether oxygens (including phenoxy) is 1. The third-order valence-electron chi connectivity index (χ3n) is 5.54. The standard InChI is InChI=1S/C24H17N3O3/c25-23-22-21(18-8-4-12-29-18)20-17-7-2-1-5-15(17)9-10-19(20)30-24(22)26-14-27(23)13-16-6-3-11-28-16/h1-12,14,21,25H,13H2. The summed E-state index contributed by atoms with van der Waals surface area (Å²) in [6, 6.07) is 19.7. The third-order valence-corrected chi connectivity index (χ3v) is 5.54. The van der Waals surface area contributed by atoms with Crippen molar-refractivity contribution < 1.29 is 13.6 Å². The molecule has 1 aliphatic rings. The van der Waals surface area contributed by atoms with Gasteiger partial charge in [0.25, 0.3) is 0 Å². The van der Waals surface area contributed by atoms with E-state index in [2.05, 4.69) is 17.1 Å². The number of benzene rings is 2. The number of aromatic nitrogens is 2. The van der Waals surface area contributed by atoms with Crippen molar-refractivity contribution in [2.45, 2.75) is 12.5 Å². The average Bonchev–Trinajstić information content (AvgIpc) is 3.48. The van der Waals surface area contributed by atoms with Crippen molar-refractivity contribution in [3.8, 4) is 11.6 Å². The first-order chi connectivity index (χ1) is 14.8. The van der Waals surface area contributed by atoms with Crippen LogP contribution in [0.5, 0.6) is 11.6 Å². The second-order valence-corrected chi connectivity index (χ2v) is 7.27. The molecule has 30 heavy (non-hydrogen) atoms. The lowest BCUT2D eigenvalue weighted by Crippen LogP contribution is -2.30. The number of nitrogens with zero attached hydrogens (tertiary/aromatic N) is 2. The molecule has 0 bridgehead atoms. The molecule has 1 aliphatic heterocycles. The first-order valence-electron chi connectivity index (χ1n) is 9.69. The number of hydrogen-bond acceptors (Lipinski definition) is 5. The summed E-state index contributed by atoms with van der Waals surface area (Å²) in [5, 5.41) is 11.2. The second kappa shape index (κ2) is 6.49. The molecule has 0 saturated carbocycles. The van der Waals surface area contributed by atoms with Crippen LogP contribution in [0.4, 0.5) is 0 Å². The van der Waals surface area contributed by atoms with Gasteiger partial charge in [-0.25, -0.2) is 4.98 Å². The first-order valence-corrected chi connectivity index (χ1v) is 9.69. The number of nitrogens with one attached hydrogen (secondary N) is 1. The van der Waals surface area contributed by atoms with Gasteiger partial charge in [-0.3, -0.25) is 5.41 Å². The van der Waals surface area contributed by atoms with Crippen molar-refractivity contribution in [1.29, 1.82) is 5.41 Å². The Morgan fingerprint density at radius 1 is 0.900 bits per heavy atom. The smallest absolute Gasteiger partial charge is 0.228 e. The zero-order valence-electron chi connectivity index (χ0n) is 15.9. The second-order valence-electron chi connectivity index (χ2n) is 7.27. The molecule has 6 rings (SSSR count). The van der Waals surface area contributed by atoms with Crippen LogP contribution in [0.3, 0.4) is 0 Å². The van der Waals surface area contributed by atoms with E-state index in [4.69, 9.17) is 19.0 Å². The number of furan rings is 2. The highest BCUT2D eigenvalue weighted by Gasteiger charge is 2.35. The minimum atomic E-state index is -0.297. The van der Waals surface area contributed by atoms with E-state index in [1.54, 1.807) is 23.4 Å². The van der Waals surface area contributed by atoms with Gasteiger partial charge in [-0.1, -0.05) is 30.3 Å². The zero-order valence-corrected chi connectivity index (χ0v) is 15.9. The van der Waals surface area contributed by atoms with E-state index in [1.165, 1.54) is 0 Å². The number of hydrogen-bond donors (Lipinski definition) is 1. The molecule has 1 N–H and O–H groups in total. The van der Waals surface area contributed by atoms with Gasteiger partial charge in [0.05, 0.1) is 30.6 Å². The maximum Gasteiger partial charge on any atom is 0.228 e. The lowest BCUT2D eigenvalue weighted by Gasteiger charge is -2.28. The molecule has 6 heteroatoms. The highest BCUT2D eigenvalue weighted by atomic mass is 16.5. The molecule has 6 nitrogen and oxygen atoms in total. The van der Waals surface area contributed by atoms with E-state index >= 15 is 0 Å². The molecule has 3 aromatic heterocycles. The molecule has 4 heterocycles. The molecule has 0 fully saturated rings. The first kappa shape index (κ1) is 16.9. The summed E-state index contributed by atoms with van der Waals surface area (Å²) < 4.78 is 19.2. The Hall–Kier alpha value is -4.06. The normalized spacial score (nSPS) is 14.9. The fourth-order valence-corrected chi connectivity index (χ4v) is 4.19. The van der Waals surface area contributed by atoms with E-state index in [-0.39, 0.29) is 5.92 Å². The molecule has 0 amide bonds. The highest BCUT2D eigenvalue weighted by Crippen LogP contribution is 2.47. The van der Waals surface area contributed by atoms with E-state index in [0.717, 1.165) is 33.6 Å². The third kappa shape index (κ3) is 2.50. The maximum atomic E-state index is 8.97. The van der Waals surface area contributed by atoms with Crippen LogP contribution < -0.4 is 10.2 Å². The summed E-state index contributed by atoms with van der Waals surface area (Å²) >= 11 is 0. The predicted molar refractivity (Wildman–Crippen MR) is 110 cm³/mol. The van der Waals surface area contributed by atoms with Crippen LogP contribution in [0.25, 0.3) is 10.8 Å². The molecule has 0 aliphatic carbocycles. The molecule has 2 aromatic carbocycles. The van der Waals surface area contributed by atoms with E-state index in [9.17, 15) is 0 Å². The Morgan fingerprint density at radius 3 is 2.60 bits per heavy atom. The topological polar surface area (TPSA) is 77.2 Å². The lowest BCUT2D eigenvalue weighted by molar-refractivity contribution is 0.406. The van der Waals surface area contributed by atoms with Crippen LogP contribution >= 0.6 is 0 Å². The van der Waals surface area contributed by atoms with Crippen LogP contribution in [-0.4, -0.2) is 9.55 Å².